The van der Waals surface area contributed by atoms with Crippen LogP contribution in [-0.4, -0.2) is 13.5 Å². The van der Waals surface area contributed by atoms with Crippen molar-refractivity contribution in [2.24, 2.45) is 10.9 Å². The first-order valence-corrected chi connectivity index (χ1v) is 5.01. The van der Waals surface area contributed by atoms with Crippen molar-refractivity contribution in [3.05, 3.63) is 35.9 Å². The molecule has 0 unspecified atom stereocenters. The highest BCUT2D eigenvalue weighted by atomic mass is 17.2. The van der Waals surface area contributed by atoms with E-state index in [0.717, 1.165) is 0 Å². The molecule has 0 saturated heterocycles. The van der Waals surface area contributed by atoms with Crippen molar-refractivity contribution < 1.29 is 9.78 Å². The zero-order valence-corrected chi connectivity index (χ0v) is 9.38. The van der Waals surface area contributed by atoms with E-state index >= 15 is 0 Å². The summed E-state index contributed by atoms with van der Waals surface area (Å²) in [4.78, 5) is 13.4. The van der Waals surface area contributed by atoms with Crippen molar-refractivity contribution >= 4 is 6.40 Å². The highest BCUT2D eigenvalue weighted by molar-refractivity contribution is 5.46. The van der Waals surface area contributed by atoms with E-state index in [1.54, 1.807) is 0 Å². The zero-order valence-electron chi connectivity index (χ0n) is 9.38. The normalized spacial score (nSPS) is 13.3. The molecule has 3 heteroatoms. The van der Waals surface area contributed by atoms with Gasteiger partial charge in [-0.25, -0.2) is 4.99 Å². The maximum atomic E-state index is 4.64. The smallest absolute Gasteiger partial charge is 0.215 e. The molecular formula is C12H17NO2. The lowest BCUT2D eigenvalue weighted by atomic mass is 9.97. The summed E-state index contributed by atoms with van der Waals surface area (Å²) in [5.74, 6) is 0.420. The largest absolute Gasteiger partial charge is 0.326 e. The van der Waals surface area contributed by atoms with Gasteiger partial charge in [-0.1, -0.05) is 44.2 Å². The van der Waals surface area contributed by atoms with Gasteiger partial charge in [0.05, 0.1) is 13.2 Å². The van der Waals surface area contributed by atoms with Crippen LogP contribution >= 0.6 is 0 Å². The lowest BCUT2D eigenvalue weighted by Gasteiger charge is -2.15. The van der Waals surface area contributed by atoms with Crippen LogP contribution in [0.1, 0.15) is 25.5 Å². The van der Waals surface area contributed by atoms with Crippen LogP contribution in [0.5, 0.6) is 0 Å². The van der Waals surface area contributed by atoms with Crippen molar-refractivity contribution in [1.82, 2.24) is 0 Å². The first-order chi connectivity index (χ1) is 7.25. The molecule has 0 amide bonds. The molecule has 0 fully saturated rings. The molecule has 0 radical (unpaired) electrons. The van der Waals surface area contributed by atoms with Gasteiger partial charge in [0.25, 0.3) is 0 Å². The van der Waals surface area contributed by atoms with Crippen molar-refractivity contribution in [3.63, 3.8) is 0 Å². The Labute approximate surface area is 90.7 Å². The molecule has 1 aromatic rings. The molecule has 0 N–H and O–H groups in total. The van der Waals surface area contributed by atoms with E-state index in [2.05, 4.69) is 40.7 Å². The molecule has 0 spiro atoms. The van der Waals surface area contributed by atoms with Crippen LogP contribution < -0.4 is 0 Å². The molecule has 0 aromatic heterocycles. The molecule has 82 valence electrons. The van der Waals surface area contributed by atoms with Crippen molar-refractivity contribution in [2.45, 2.75) is 19.9 Å². The summed E-state index contributed by atoms with van der Waals surface area (Å²) in [6, 6.07) is 10.3. The second-order valence-corrected chi connectivity index (χ2v) is 3.62. The van der Waals surface area contributed by atoms with E-state index in [1.165, 1.54) is 19.1 Å². The van der Waals surface area contributed by atoms with Gasteiger partial charge in [-0.05, 0) is 11.5 Å². The fraction of sp³-hybridized carbons (Fsp3) is 0.417. The molecule has 1 aromatic carbocycles. The van der Waals surface area contributed by atoms with Crippen LogP contribution in [0.4, 0.5) is 0 Å². The van der Waals surface area contributed by atoms with Crippen molar-refractivity contribution in [2.75, 3.05) is 7.11 Å². The number of aliphatic imine (C=N–C) groups is 1. The fourth-order valence-corrected chi connectivity index (χ4v) is 1.43. The van der Waals surface area contributed by atoms with Gasteiger partial charge in [-0.15, -0.1) is 0 Å². The Morgan fingerprint density at radius 1 is 1.20 bits per heavy atom. The summed E-state index contributed by atoms with van der Waals surface area (Å²) in [6.07, 6.45) is 1.34. The predicted octanol–water partition coefficient (Wildman–Crippen LogP) is 2.99. The second-order valence-electron chi connectivity index (χ2n) is 3.62. The third-order valence-corrected chi connectivity index (χ3v) is 2.13. The molecule has 1 atom stereocenters. The summed E-state index contributed by atoms with van der Waals surface area (Å²) in [5, 5.41) is 0. The van der Waals surface area contributed by atoms with Gasteiger partial charge in [-0.3, -0.25) is 0 Å². The van der Waals surface area contributed by atoms with Crippen LogP contribution in [0.3, 0.4) is 0 Å². The molecule has 0 aliphatic rings. The number of hydrogen-bond donors (Lipinski definition) is 0. The van der Waals surface area contributed by atoms with E-state index in [9.17, 15) is 0 Å². The van der Waals surface area contributed by atoms with Crippen LogP contribution in [-0.2, 0) is 9.78 Å². The van der Waals surface area contributed by atoms with Gasteiger partial charge < -0.3 is 4.89 Å². The number of rotatable bonds is 5. The van der Waals surface area contributed by atoms with Crippen LogP contribution in [0.25, 0.3) is 0 Å². The zero-order chi connectivity index (χ0) is 11.1. The standard InChI is InChI=1S/C12H17NO2/c1-10(2)12(13-9-15-14-3)11-7-5-4-6-8-11/h4-10,12H,1-3H3/t12-/m1/s1. The van der Waals surface area contributed by atoms with Crippen LogP contribution in [0, 0.1) is 5.92 Å². The molecule has 3 nitrogen and oxygen atoms in total. The van der Waals surface area contributed by atoms with Gasteiger partial charge in [0.2, 0.25) is 6.40 Å². The van der Waals surface area contributed by atoms with E-state index in [0.29, 0.717) is 5.92 Å². The fourth-order valence-electron chi connectivity index (χ4n) is 1.43. The molecule has 1 rings (SSSR count). The molecule has 0 bridgehead atoms. The van der Waals surface area contributed by atoms with E-state index in [-0.39, 0.29) is 6.04 Å². The Morgan fingerprint density at radius 2 is 1.87 bits per heavy atom. The third-order valence-electron chi connectivity index (χ3n) is 2.13. The highest BCUT2D eigenvalue weighted by Crippen LogP contribution is 2.24. The van der Waals surface area contributed by atoms with Gasteiger partial charge in [-0.2, -0.15) is 4.89 Å². The van der Waals surface area contributed by atoms with Crippen molar-refractivity contribution in [3.8, 4) is 0 Å². The molecule has 0 aliphatic heterocycles. The highest BCUT2D eigenvalue weighted by Gasteiger charge is 2.13. The monoisotopic (exact) mass is 207 g/mol. The van der Waals surface area contributed by atoms with Crippen LogP contribution in [0.2, 0.25) is 0 Å². The summed E-state index contributed by atoms with van der Waals surface area (Å²) >= 11 is 0. The van der Waals surface area contributed by atoms with E-state index in [4.69, 9.17) is 0 Å². The average molecular weight is 207 g/mol. The minimum Gasteiger partial charge on any atom is -0.326 e. The average Bonchev–Trinajstić information content (AvgIpc) is 2.25. The number of benzene rings is 1. The topological polar surface area (TPSA) is 30.8 Å². The summed E-state index contributed by atoms with van der Waals surface area (Å²) in [7, 11) is 1.46. The molecule has 0 saturated carbocycles. The second kappa shape index (κ2) is 6.19. The minimum atomic E-state index is 0.112. The van der Waals surface area contributed by atoms with Crippen LogP contribution in [0.15, 0.2) is 35.3 Å². The molecule has 15 heavy (non-hydrogen) atoms. The minimum absolute atomic E-state index is 0.112. The first kappa shape index (κ1) is 11.7. The van der Waals surface area contributed by atoms with Crippen molar-refractivity contribution in [1.29, 1.82) is 0 Å². The Hall–Kier alpha value is -1.35. The van der Waals surface area contributed by atoms with Gasteiger partial charge in [0, 0.05) is 0 Å². The Kier molecular flexibility index (Phi) is 4.84. The summed E-state index contributed by atoms with van der Waals surface area (Å²) in [5.41, 5.74) is 1.18. The lowest BCUT2D eigenvalue weighted by molar-refractivity contribution is -0.188. The molecule has 0 aliphatic carbocycles. The Balaban J connectivity index is 2.75. The third kappa shape index (κ3) is 3.72. The van der Waals surface area contributed by atoms with Gasteiger partial charge in [0.1, 0.15) is 0 Å². The lowest BCUT2D eigenvalue weighted by Crippen LogP contribution is -2.04. The number of nitrogens with zero attached hydrogens (tertiary/aromatic N) is 1. The quantitative estimate of drug-likeness (QED) is 0.321. The number of hydrogen-bond acceptors (Lipinski definition) is 3. The molecular weight excluding hydrogens is 190 g/mol. The SMILES string of the molecule is COOC=N[C@@H](c1ccccc1)C(C)C. The summed E-state index contributed by atoms with van der Waals surface area (Å²) in [6.45, 7) is 4.25. The van der Waals surface area contributed by atoms with Gasteiger partial charge >= 0.3 is 0 Å². The maximum absolute atomic E-state index is 4.64. The Bertz CT molecular complexity index is 296. The van der Waals surface area contributed by atoms with E-state index < -0.39 is 0 Å². The van der Waals surface area contributed by atoms with E-state index in [1.807, 2.05) is 18.2 Å². The maximum Gasteiger partial charge on any atom is 0.215 e. The summed E-state index contributed by atoms with van der Waals surface area (Å²) < 4.78 is 0. The Morgan fingerprint density at radius 3 is 2.40 bits per heavy atom. The molecule has 0 heterocycles. The first-order valence-electron chi connectivity index (χ1n) is 5.01. The van der Waals surface area contributed by atoms with Gasteiger partial charge in [0.15, 0.2) is 0 Å². The predicted molar refractivity (Wildman–Crippen MR) is 60.6 cm³/mol.